The van der Waals surface area contributed by atoms with Crippen LogP contribution >= 0.6 is 0 Å². The molecule has 0 amide bonds. The van der Waals surface area contributed by atoms with Crippen molar-refractivity contribution >= 4 is 17.1 Å². The fourth-order valence-corrected chi connectivity index (χ4v) is 1.85. The lowest BCUT2D eigenvalue weighted by atomic mass is 10.5. The van der Waals surface area contributed by atoms with Gasteiger partial charge in [-0.1, -0.05) is 6.08 Å². The van der Waals surface area contributed by atoms with Crippen molar-refractivity contribution in [3.05, 3.63) is 33.5 Å². The summed E-state index contributed by atoms with van der Waals surface area (Å²) >= 11 is 0. The molecule has 0 aliphatic rings. The number of aliphatic hydroxyl groups is 1. The van der Waals surface area contributed by atoms with Gasteiger partial charge < -0.3 is 15.0 Å². The molecule has 8 nitrogen and oxygen atoms in total. The molecule has 0 saturated heterocycles. The molecule has 102 valence electrons. The van der Waals surface area contributed by atoms with Crippen LogP contribution in [0.25, 0.3) is 11.2 Å². The Hall–Kier alpha value is -2.35. The van der Waals surface area contributed by atoms with Gasteiger partial charge in [-0.05, 0) is 0 Å². The highest BCUT2D eigenvalue weighted by atomic mass is 16.3. The van der Waals surface area contributed by atoms with Crippen LogP contribution in [-0.2, 0) is 13.6 Å². The standard InChI is InChI=1S/C11H15N5O3/c1-3-4-12-10-13-8-7(16(10)5-6-17)9(18)14-11(19)15(8)2/h3,17H,1,4-6H2,2H3,(H,12,13)(H,14,18,19). The van der Waals surface area contributed by atoms with E-state index in [4.69, 9.17) is 5.11 Å². The molecule has 0 aromatic carbocycles. The number of rotatable bonds is 5. The molecule has 0 saturated carbocycles. The van der Waals surface area contributed by atoms with E-state index in [0.29, 0.717) is 12.5 Å². The molecule has 19 heavy (non-hydrogen) atoms. The zero-order chi connectivity index (χ0) is 14.0. The van der Waals surface area contributed by atoms with Gasteiger partial charge in [-0.2, -0.15) is 4.98 Å². The van der Waals surface area contributed by atoms with E-state index in [-0.39, 0.29) is 24.3 Å². The summed E-state index contributed by atoms with van der Waals surface area (Å²) < 4.78 is 2.79. The molecular formula is C11H15N5O3. The Morgan fingerprint density at radius 1 is 1.53 bits per heavy atom. The third kappa shape index (κ3) is 2.17. The first-order valence-electron chi connectivity index (χ1n) is 5.75. The zero-order valence-electron chi connectivity index (χ0n) is 10.5. The number of imidazole rings is 1. The van der Waals surface area contributed by atoms with Crippen molar-refractivity contribution in [2.24, 2.45) is 7.05 Å². The van der Waals surface area contributed by atoms with Gasteiger partial charge in [-0.25, -0.2) is 4.79 Å². The molecule has 0 aliphatic heterocycles. The van der Waals surface area contributed by atoms with Crippen LogP contribution in [0.2, 0.25) is 0 Å². The van der Waals surface area contributed by atoms with E-state index in [1.54, 1.807) is 6.08 Å². The normalized spacial score (nSPS) is 10.8. The number of anilines is 1. The molecule has 0 fully saturated rings. The highest BCUT2D eigenvalue weighted by Gasteiger charge is 2.16. The van der Waals surface area contributed by atoms with Gasteiger partial charge in [0.1, 0.15) is 0 Å². The predicted molar refractivity (Wildman–Crippen MR) is 71.4 cm³/mol. The number of hydrogen-bond acceptors (Lipinski definition) is 5. The average molecular weight is 265 g/mol. The highest BCUT2D eigenvalue weighted by Crippen LogP contribution is 2.14. The summed E-state index contributed by atoms with van der Waals surface area (Å²) in [6.45, 7) is 4.10. The largest absolute Gasteiger partial charge is 0.395 e. The number of aromatic nitrogens is 4. The molecule has 8 heteroatoms. The van der Waals surface area contributed by atoms with Crippen LogP contribution in [0.1, 0.15) is 0 Å². The summed E-state index contributed by atoms with van der Waals surface area (Å²) in [6.07, 6.45) is 1.64. The fraction of sp³-hybridized carbons (Fsp3) is 0.364. The minimum absolute atomic E-state index is 0.142. The molecule has 0 atom stereocenters. The van der Waals surface area contributed by atoms with Crippen LogP contribution in [-0.4, -0.2) is 37.4 Å². The molecule has 2 aromatic heterocycles. The maximum Gasteiger partial charge on any atom is 0.329 e. The smallest absolute Gasteiger partial charge is 0.329 e. The molecule has 3 N–H and O–H groups in total. The van der Waals surface area contributed by atoms with Crippen LogP contribution in [0.3, 0.4) is 0 Å². The van der Waals surface area contributed by atoms with Crippen LogP contribution < -0.4 is 16.6 Å². The topological polar surface area (TPSA) is 105 Å². The summed E-state index contributed by atoms with van der Waals surface area (Å²) in [4.78, 5) is 29.8. The lowest BCUT2D eigenvalue weighted by molar-refractivity contribution is 0.278. The molecule has 2 rings (SSSR count). The van der Waals surface area contributed by atoms with E-state index in [0.717, 1.165) is 0 Å². The van der Waals surface area contributed by atoms with Crippen molar-refractivity contribution in [3.8, 4) is 0 Å². The number of aryl methyl sites for hydroxylation is 1. The van der Waals surface area contributed by atoms with Crippen LogP contribution in [0.15, 0.2) is 22.2 Å². The Kier molecular flexibility index (Phi) is 3.52. The van der Waals surface area contributed by atoms with E-state index in [1.807, 2.05) is 0 Å². The summed E-state index contributed by atoms with van der Waals surface area (Å²) in [7, 11) is 1.52. The number of aliphatic hydroxyl groups excluding tert-OH is 1. The highest BCUT2D eigenvalue weighted by molar-refractivity contribution is 5.74. The first-order valence-corrected chi connectivity index (χ1v) is 5.75. The van der Waals surface area contributed by atoms with E-state index in [9.17, 15) is 9.59 Å². The summed E-state index contributed by atoms with van der Waals surface area (Å²) in [5.74, 6) is 0.413. The summed E-state index contributed by atoms with van der Waals surface area (Å²) in [6, 6.07) is 0. The summed E-state index contributed by atoms with van der Waals surface area (Å²) in [5, 5.41) is 12.1. The molecule has 2 aromatic rings. The quantitative estimate of drug-likeness (QED) is 0.602. The van der Waals surface area contributed by atoms with Gasteiger partial charge in [-0.15, -0.1) is 6.58 Å². The second-order valence-corrected chi connectivity index (χ2v) is 3.97. The molecule has 0 bridgehead atoms. The first-order chi connectivity index (χ1) is 9.10. The van der Waals surface area contributed by atoms with Gasteiger partial charge >= 0.3 is 5.69 Å². The first kappa shape index (κ1) is 13.1. The van der Waals surface area contributed by atoms with Gasteiger partial charge in [0.15, 0.2) is 11.2 Å². The minimum atomic E-state index is -0.526. The lowest BCUT2D eigenvalue weighted by Crippen LogP contribution is -2.29. The monoisotopic (exact) mass is 265 g/mol. The predicted octanol–water partition coefficient (Wildman–Crippen LogP) is -0.986. The van der Waals surface area contributed by atoms with E-state index in [2.05, 4.69) is 21.9 Å². The zero-order valence-corrected chi connectivity index (χ0v) is 10.5. The van der Waals surface area contributed by atoms with Gasteiger partial charge in [-0.3, -0.25) is 14.3 Å². The Bertz CT molecular complexity index is 724. The van der Waals surface area contributed by atoms with Crippen molar-refractivity contribution in [3.63, 3.8) is 0 Å². The van der Waals surface area contributed by atoms with Crippen molar-refractivity contribution in [1.82, 2.24) is 19.1 Å². The maximum atomic E-state index is 11.9. The lowest BCUT2D eigenvalue weighted by Gasteiger charge is -2.06. The maximum absolute atomic E-state index is 11.9. The minimum Gasteiger partial charge on any atom is -0.395 e. The SMILES string of the molecule is C=CCNc1nc2c(c(=O)[nH]c(=O)n2C)n1CCO. The number of H-pyrrole nitrogens is 1. The Morgan fingerprint density at radius 2 is 2.26 bits per heavy atom. The van der Waals surface area contributed by atoms with E-state index >= 15 is 0 Å². The second-order valence-electron chi connectivity index (χ2n) is 3.97. The molecule has 0 radical (unpaired) electrons. The molecule has 0 unspecified atom stereocenters. The summed E-state index contributed by atoms with van der Waals surface area (Å²) in [5.41, 5.74) is -0.524. The Balaban J connectivity index is 2.76. The number of hydrogen-bond donors (Lipinski definition) is 3. The molecule has 0 aliphatic carbocycles. The van der Waals surface area contributed by atoms with Crippen molar-refractivity contribution in [1.29, 1.82) is 0 Å². The van der Waals surface area contributed by atoms with Crippen molar-refractivity contribution in [2.75, 3.05) is 18.5 Å². The van der Waals surface area contributed by atoms with Gasteiger partial charge in [0, 0.05) is 20.1 Å². The van der Waals surface area contributed by atoms with Crippen molar-refractivity contribution < 1.29 is 5.11 Å². The third-order valence-electron chi connectivity index (χ3n) is 2.74. The van der Waals surface area contributed by atoms with Gasteiger partial charge in [0.05, 0.1) is 6.61 Å². The number of aromatic amines is 1. The van der Waals surface area contributed by atoms with Crippen LogP contribution in [0.4, 0.5) is 5.95 Å². The molecule has 0 spiro atoms. The fourth-order valence-electron chi connectivity index (χ4n) is 1.85. The Morgan fingerprint density at radius 3 is 2.89 bits per heavy atom. The van der Waals surface area contributed by atoms with Crippen LogP contribution in [0, 0.1) is 0 Å². The van der Waals surface area contributed by atoms with Crippen LogP contribution in [0.5, 0.6) is 0 Å². The van der Waals surface area contributed by atoms with Gasteiger partial charge in [0.2, 0.25) is 5.95 Å². The second kappa shape index (κ2) is 5.11. The number of fused-ring (bicyclic) bond motifs is 1. The van der Waals surface area contributed by atoms with Gasteiger partial charge in [0.25, 0.3) is 5.56 Å². The van der Waals surface area contributed by atoms with E-state index in [1.165, 1.54) is 16.2 Å². The number of nitrogens with zero attached hydrogens (tertiary/aromatic N) is 3. The van der Waals surface area contributed by atoms with E-state index < -0.39 is 11.2 Å². The third-order valence-corrected chi connectivity index (χ3v) is 2.74. The Labute approximate surface area is 108 Å². The molecular weight excluding hydrogens is 250 g/mol. The van der Waals surface area contributed by atoms with Crippen molar-refractivity contribution in [2.45, 2.75) is 6.54 Å². The molecule has 2 heterocycles. The number of nitrogens with one attached hydrogen (secondary N) is 2. The average Bonchev–Trinajstić information content (AvgIpc) is 2.74.